The van der Waals surface area contributed by atoms with Crippen molar-refractivity contribution in [2.75, 3.05) is 14.2 Å². The third-order valence-electron chi connectivity index (χ3n) is 2.26. The molecule has 0 amide bonds. The smallest absolute Gasteiger partial charge is 0.136 e. The van der Waals surface area contributed by atoms with Crippen LogP contribution in [-0.4, -0.2) is 24.2 Å². The fraction of sp³-hybridized carbons (Fsp3) is 0.154. The van der Waals surface area contributed by atoms with Gasteiger partial charge in [0.05, 0.1) is 20.6 Å². The molecule has 0 atom stereocenters. The molecule has 0 N–H and O–H groups in total. The number of nitrogens with zero attached hydrogens (tertiary/aromatic N) is 2. The van der Waals surface area contributed by atoms with E-state index in [0.29, 0.717) is 5.82 Å². The van der Waals surface area contributed by atoms with E-state index >= 15 is 0 Å². The van der Waals surface area contributed by atoms with Crippen molar-refractivity contribution in [1.82, 2.24) is 9.97 Å². The predicted molar refractivity (Wildman–Crippen MR) is 64.1 cm³/mol. The first-order chi connectivity index (χ1) is 8.31. The van der Waals surface area contributed by atoms with Crippen molar-refractivity contribution in [1.29, 1.82) is 0 Å². The Morgan fingerprint density at radius 2 is 1.53 bits per heavy atom. The van der Waals surface area contributed by atoms with Crippen molar-refractivity contribution >= 4 is 0 Å². The summed E-state index contributed by atoms with van der Waals surface area (Å²) in [5.41, 5.74) is 0.937. The second-order valence-electron chi connectivity index (χ2n) is 3.40. The predicted octanol–water partition coefficient (Wildman–Crippen LogP) is 2.09. The van der Waals surface area contributed by atoms with Gasteiger partial charge in [-0.05, 0) is 23.8 Å². The van der Waals surface area contributed by atoms with Crippen LogP contribution in [0.25, 0.3) is 0 Å². The Balaban J connectivity index is 2.26. The molecule has 0 unspecified atom stereocenters. The number of methoxy groups -OCH3 is 2. The van der Waals surface area contributed by atoms with E-state index in [0.717, 1.165) is 17.1 Å². The fourth-order valence-corrected chi connectivity index (χ4v) is 1.45. The zero-order chi connectivity index (χ0) is 12.1. The van der Waals surface area contributed by atoms with Crippen LogP contribution in [0.4, 0.5) is 0 Å². The fourth-order valence-electron chi connectivity index (χ4n) is 1.45. The van der Waals surface area contributed by atoms with E-state index in [1.165, 1.54) is 0 Å². The van der Waals surface area contributed by atoms with Crippen LogP contribution in [0.5, 0.6) is 11.5 Å². The normalized spacial score (nSPS) is 10.0. The van der Waals surface area contributed by atoms with Crippen molar-refractivity contribution in [3.8, 4) is 11.5 Å². The Morgan fingerprint density at radius 3 is 2.06 bits per heavy atom. The average Bonchev–Trinajstić information content (AvgIpc) is 2.39. The van der Waals surface area contributed by atoms with Gasteiger partial charge in [0.25, 0.3) is 0 Å². The number of aromatic nitrogens is 2. The van der Waals surface area contributed by atoms with E-state index < -0.39 is 0 Å². The number of ether oxygens (including phenoxy) is 2. The highest BCUT2D eigenvalue weighted by molar-refractivity contribution is 5.43. The lowest BCUT2D eigenvalue weighted by atomic mass is 10.1. The van der Waals surface area contributed by atoms with Crippen molar-refractivity contribution in [2.24, 2.45) is 0 Å². The summed E-state index contributed by atoms with van der Waals surface area (Å²) in [5.74, 6) is 2.14. The van der Waals surface area contributed by atoms with Gasteiger partial charge in [0.15, 0.2) is 0 Å². The van der Waals surface area contributed by atoms with E-state index in [-0.39, 0.29) is 0 Å². The van der Waals surface area contributed by atoms with E-state index in [9.17, 15) is 0 Å². The molecule has 4 nitrogen and oxygen atoms in total. The summed E-state index contributed by atoms with van der Waals surface area (Å²) in [6, 6.07) is 7.41. The molecule has 0 fully saturated rings. The van der Waals surface area contributed by atoms with Gasteiger partial charge in [-0.25, -0.2) is 9.97 Å². The lowest BCUT2D eigenvalue weighted by Crippen LogP contribution is -1.94. The Bertz CT molecular complexity index is 464. The van der Waals surface area contributed by atoms with Crippen LogP contribution in [0.3, 0.4) is 0 Å². The minimum atomic E-state index is 0.655. The summed E-state index contributed by atoms with van der Waals surface area (Å²) in [6.07, 6.45) is 5.28. The lowest BCUT2D eigenvalue weighted by molar-refractivity contribution is 0.394. The molecular formula is C13H13N2O2. The number of rotatable bonds is 4. The molecular weight excluding hydrogens is 216 g/mol. The van der Waals surface area contributed by atoms with Crippen molar-refractivity contribution in [3.05, 3.63) is 54.5 Å². The highest BCUT2D eigenvalue weighted by Crippen LogP contribution is 2.24. The van der Waals surface area contributed by atoms with Gasteiger partial charge in [0.2, 0.25) is 0 Å². The molecule has 1 heterocycles. The van der Waals surface area contributed by atoms with Crippen LogP contribution in [0, 0.1) is 6.42 Å². The molecule has 1 aromatic heterocycles. The molecule has 0 aliphatic carbocycles. The molecule has 0 saturated heterocycles. The maximum atomic E-state index is 5.19. The van der Waals surface area contributed by atoms with E-state index in [2.05, 4.69) is 9.97 Å². The minimum absolute atomic E-state index is 0.655. The lowest BCUT2D eigenvalue weighted by Gasteiger charge is -2.07. The summed E-state index contributed by atoms with van der Waals surface area (Å²) in [4.78, 5) is 8.27. The molecule has 4 heteroatoms. The quantitative estimate of drug-likeness (QED) is 0.805. The Hall–Kier alpha value is -2.10. The van der Waals surface area contributed by atoms with Gasteiger partial charge < -0.3 is 9.47 Å². The van der Waals surface area contributed by atoms with Crippen LogP contribution < -0.4 is 9.47 Å². The molecule has 87 valence electrons. The highest BCUT2D eigenvalue weighted by Gasteiger charge is 2.04. The van der Waals surface area contributed by atoms with Crippen LogP contribution in [0.15, 0.2) is 36.7 Å². The molecule has 0 bridgehead atoms. The zero-order valence-corrected chi connectivity index (χ0v) is 9.75. The molecule has 1 aromatic carbocycles. The molecule has 0 aliphatic heterocycles. The van der Waals surface area contributed by atoms with Gasteiger partial charge in [0.1, 0.15) is 17.3 Å². The molecule has 2 aromatic rings. The van der Waals surface area contributed by atoms with Gasteiger partial charge in [-0.1, -0.05) is 0 Å². The first-order valence-corrected chi connectivity index (χ1v) is 5.16. The number of hydrogen-bond donors (Lipinski definition) is 0. The SMILES string of the molecule is COc1cc([CH]c2ncccn2)cc(OC)c1. The summed E-state index contributed by atoms with van der Waals surface area (Å²) < 4.78 is 10.4. The topological polar surface area (TPSA) is 44.2 Å². The zero-order valence-electron chi connectivity index (χ0n) is 9.75. The summed E-state index contributed by atoms with van der Waals surface area (Å²) in [6.45, 7) is 0. The van der Waals surface area contributed by atoms with Crippen molar-refractivity contribution in [3.63, 3.8) is 0 Å². The minimum Gasteiger partial charge on any atom is -0.497 e. The van der Waals surface area contributed by atoms with Crippen LogP contribution in [0.1, 0.15) is 11.4 Å². The van der Waals surface area contributed by atoms with Gasteiger partial charge in [-0.2, -0.15) is 0 Å². The van der Waals surface area contributed by atoms with Crippen molar-refractivity contribution in [2.45, 2.75) is 0 Å². The third kappa shape index (κ3) is 2.93. The Morgan fingerprint density at radius 1 is 0.941 bits per heavy atom. The summed E-state index contributed by atoms with van der Waals surface area (Å²) >= 11 is 0. The molecule has 17 heavy (non-hydrogen) atoms. The van der Waals surface area contributed by atoms with E-state index in [1.807, 2.05) is 24.6 Å². The number of hydrogen-bond acceptors (Lipinski definition) is 4. The summed E-state index contributed by atoms with van der Waals surface area (Å²) in [5, 5.41) is 0. The van der Waals surface area contributed by atoms with Crippen LogP contribution >= 0.6 is 0 Å². The average molecular weight is 229 g/mol. The van der Waals surface area contributed by atoms with Crippen LogP contribution in [-0.2, 0) is 0 Å². The standard InChI is InChI=1S/C13H13N2O2/c1-16-11-6-10(7-12(9-11)17-2)8-13-14-4-3-5-15-13/h3-9H,1-2H3. The first kappa shape index (κ1) is 11.4. The summed E-state index contributed by atoms with van der Waals surface area (Å²) in [7, 11) is 3.25. The van der Waals surface area contributed by atoms with E-state index in [4.69, 9.17) is 9.47 Å². The van der Waals surface area contributed by atoms with Crippen LogP contribution in [0.2, 0.25) is 0 Å². The second kappa shape index (κ2) is 5.30. The maximum Gasteiger partial charge on any atom is 0.136 e. The first-order valence-electron chi connectivity index (χ1n) is 5.16. The molecule has 0 spiro atoms. The Labute approximate surface area is 100 Å². The second-order valence-corrected chi connectivity index (χ2v) is 3.40. The molecule has 0 saturated carbocycles. The van der Waals surface area contributed by atoms with Gasteiger partial charge in [-0.15, -0.1) is 0 Å². The molecule has 1 radical (unpaired) electrons. The van der Waals surface area contributed by atoms with E-state index in [1.54, 1.807) is 32.7 Å². The monoisotopic (exact) mass is 229 g/mol. The number of benzene rings is 1. The van der Waals surface area contributed by atoms with Gasteiger partial charge in [0, 0.05) is 18.5 Å². The van der Waals surface area contributed by atoms with Gasteiger partial charge >= 0.3 is 0 Å². The van der Waals surface area contributed by atoms with Crippen molar-refractivity contribution < 1.29 is 9.47 Å². The van der Waals surface area contributed by atoms with Gasteiger partial charge in [-0.3, -0.25) is 0 Å². The maximum absolute atomic E-state index is 5.19. The molecule has 2 rings (SSSR count). The highest BCUT2D eigenvalue weighted by atomic mass is 16.5. The molecule has 0 aliphatic rings. The Kier molecular flexibility index (Phi) is 3.55. The third-order valence-corrected chi connectivity index (χ3v) is 2.26. The largest absolute Gasteiger partial charge is 0.497 e.